The van der Waals surface area contributed by atoms with E-state index in [0.717, 1.165) is 0 Å². The number of nitrogens with zero attached hydrogens (tertiary/aromatic N) is 2. The van der Waals surface area contributed by atoms with Crippen LogP contribution in [-0.4, -0.2) is 21.5 Å². The Bertz CT molecular complexity index is 839. The van der Waals surface area contributed by atoms with Crippen LogP contribution in [0, 0.1) is 12.7 Å². The highest BCUT2D eigenvalue weighted by Gasteiger charge is 2.41. The van der Waals surface area contributed by atoms with E-state index in [4.69, 9.17) is 5.73 Å². The molecule has 1 aliphatic rings. The van der Waals surface area contributed by atoms with Gasteiger partial charge in [0.1, 0.15) is 5.82 Å². The summed E-state index contributed by atoms with van der Waals surface area (Å²) in [6.07, 6.45) is 0.559. The zero-order chi connectivity index (χ0) is 16.6. The lowest BCUT2D eigenvalue weighted by atomic mass is 10.1. The van der Waals surface area contributed by atoms with Crippen molar-refractivity contribution in [3.8, 4) is 0 Å². The van der Waals surface area contributed by atoms with Crippen molar-refractivity contribution in [3.63, 3.8) is 0 Å². The maximum atomic E-state index is 13.4. The van der Waals surface area contributed by atoms with Crippen molar-refractivity contribution in [2.45, 2.75) is 13.3 Å². The molecular formula is C16H18FN3O2S. The number of hydrogen-bond donors (Lipinski definition) is 1. The summed E-state index contributed by atoms with van der Waals surface area (Å²) in [5.74, 6) is -0.392. The van der Waals surface area contributed by atoms with E-state index >= 15 is 0 Å². The minimum atomic E-state index is -3.76. The minimum absolute atomic E-state index is 0.312. The maximum Gasteiger partial charge on any atom is 0.330 e. The molecule has 2 aromatic rings. The summed E-state index contributed by atoms with van der Waals surface area (Å²) < 4.78 is 42.0. The molecule has 0 unspecified atom stereocenters. The highest BCUT2D eigenvalue weighted by molar-refractivity contribution is 7.95. The Kier molecular flexibility index (Phi) is 3.99. The van der Waals surface area contributed by atoms with Crippen LogP contribution in [0.3, 0.4) is 0 Å². The van der Waals surface area contributed by atoms with Gasteiger partial charge in [-0.05, 0) is 55.8 Å². The van der Waals surface area contributed by atoms with Crippen molar-refractivity contribution in [2.24, 2.45) is 5.73 Å². The quantitative estimate of drug-likeness (QED) is 0.934. The Balaban J connectivity index is 2.17. The molecule has 0 amide bonds. The van der Waals surface area contributed by atoms with Crippen LogP contribution in [0.1, 0.15) is 12.0 Å². The van der Waals surface area contributed by atoms with E-state index in [1.165, 1.54) is 26.8 Å². The van der Waals surface area contributed by atoms with Crippen molar-refractivity contribution in [1.29, 1.82) is 0 Å². The summed E-state index contributed by atoms with van der Waals surface area (Å²) in [7, 11) is -3.76. The molecule has 0 aromatic heterocycles. The zero-order valence-electron chi connectivity index (χ0n) is 12.7. The van der Waals surface area contributed by atoms with Gasteiger partial charge in [-0.3, -0.25) is 4.31 Å². The van der Waals surface area contributed by atoms with E-state index in [1.807, 2.05) is 0 Å². The third-order valence-electron chi connectivity index (χ3n) is 3.82. The van der Waals surface area contributed by atoms with Crippen LogP contribution in [0.25, 0.3) is 0 Å². The van der Waals surface area contributed by atoms with Crippen molar-refractivity contribution in [3.05, 3.63) is 53.8 Å². The minimum Gasteiger partial charge on any atom is -0.330 e. The number of hydrogen-bond acceptors (Lipinski definition) is 3. The third-order valence-corrected chi connectivity index (χ3v) is 5.61. The number of rotatable bonds is 4. The molecule has 0 fully saturated rings. The van der Waals surface area contributed by atoms with Crippen LogP contribution >= 0.6 is 0 Å². The number of halogens is 1. The fourth-order valence-corrected chi connectivity index (χ4v) is 4.58. The topological polar surface area (TPSA) is 66.6 Å². The van der Waals surface area contributed by atoms with Gasteiger partial charge in [0.15, 0.2) is 0 Å². The number of aryl methyl sites for hydroxylation is 1. The van der Waals surface area contributed by atoms with Crippen LogP contribution in [-0.2, 0) is 10.2 Å². The molecule has 0 radical (unpaired) electrons. The highest BCUT2D eigenvalue weighted by atomic mass is 32.2. The summed E-state index contributed by atoms with van der Waals surface area (Å²) in [5, 5.41) is 0. The summed E-state index contributed by atoms with van der Waals surface area (Å²) in [4.78, 5) is 0. The number of benzene rings is 2. The molecular weight excluding hydrogens is 317 g/mol. The predicted molar refractivity (Wildman–Crippen MR) is 89.7 cm³/mol. The van der Waals surface area contributed by atoms with Gasteiger partial charge in [0.25, 0.3) is 0 Å². The van der Waals surface area contributed by atoms with Gasteiger partial charge >= 0.3 is 10.2 Å². The van der Waals surface area contributed by atoms with E-state index in [9.17, 15) is 12.8 Å². The molecule has 0 spiro atoms. The van der Waals surface area contributed by atoms with Crippen LogP contribution in [0.2, 0.25) is 0 Å². The van der Waals surface area contributed by atoms with Gasteiger partial charge in [-0.25, -0.2) is 8.70 Å². The smallest absolute Gasteiger partial charge is 0.330 e. The first-order chi connectivity index (χ1) is 11.0. The Hall–Kier alpha value is -2.12. The van der Waals surface area contributed by atoms with Gasteiger partial charge < -0.3 is 5.73 Å². The van der Waals surface area contributed by atoms with E-state index in [1.54, 1.807) is 31.2 Å². The molecule has 122 valence electrons. The summed E-state index contributed by atoms with van der Waals surface area (Å²) in [6.45, 7) is 2.41. The van der Waals surface area contributed by atoms with Crippen LogP contribution in [0.5, 0.6) is 0 Å². The van der Waals surface area contributed by atoms with Gasteiger partial charge in [0, 0.05) is 6.54 Å². The van der Waals surface area contributed by atoms with Crippen molar-refractivity contribution in [2.75, 3.05) is 21.7 Å². The monoisotopic (exact) mass is 335 g/mol. The fourth-order valence-electron chi connectivity index (χ4n) is 2.77. The summed E-state index contributed by atoms with van der Waals surface area (Å²) in [6, 6.07) is 11.2. The lowest BCUT2D eigenvalue weighted by molar-refractivity contribution is 0.592. The van der Waals surface area contributed by atoms with Gasteiger partial charge in [0.05, 0.1) is 17.1 Å². The molecule has 1 aliphatic heterocycles. The maximum absolute atomic E-state index is 13.4. The molecule has 5 nitrogen and oxygen atoms in total. The zero-order valence-corrected chi connectivity index (χ0v) is 13.6. The highest BCUT2D eigenvalue weighted by Crippen LogP contribution is 2.45. The predicted octanol–water partition coefficient (Wildman–Crippen LogP) is 2.69. The Morgan fingerprint density at radius 1 is 1.09 bits per heavy atom. The molecule has 7 heteroatoms. The number of nitrogens with two attached hydrogens (primary N) is 1. The molecule has 0 saturated carbocycles. The first-order valence-electron chi connectivity index (χ1n) is 7.35. The van der Waals surface area contributed by atoms with Gasteiger partial charge in [-0.15, -0.1) is 0 Å². The lowest BCUT2D eigenvalue weighted by Gasteiger charge is -2.23. The molecule has 2 N–H and O–H groups in total. The average molecular weight is 335 g/mol. The molecule has 1 heterocycles. The molecule has 23 heavy (non-hydrogen) atoms. The Labute approximate surface area is 135 Å². The SMILES string of the molecule is Cc1cc(F)ccc1N1c2ccccc2N(CCCN)S1(=O)=O. The Morgan fingerprint density at radius 3 is 2.43 bits per heavy atom. The molecule has 0 aliphatic carbocycles. The lowest BCUT2D eigenvalue weighted by Crippen LogP contribution is -2.36. The largest absolute Gasteiger partial charge is 0.330 e. The first kappa shape index (κ1) is 15.8. The van der Waals surface area contributed by atoms with Gasteiger partial charge in [-0.1, -0.05) is 12.1 Å². The molecule has 2 aromatic carbocycles. The molecule has 3 rings (SSSR count). The average Bonchev–Trinajstić information content (AvgIpc) is 2.72. The second-order valence-electron chi connectivity index (χ2n) is 5.41. The van der Waals surface area contributed by atoms with Crippen molar-refractivity contribution < 1.29 is 12.8 Å². The number of anilines is 3. The number of fused-ring (bicyclic) bond motifs is 1. The van der Waals surface area contributed by atoms with Gasteiger partial charge in [-0.2, -0.15) is 8.42 Å². The fraction of sp³-hybridized carbons (Fsp3) is 0.250. The standard InChI is InChI=1S/C16H18FN3O2S/c1-12-11-13(17)7-8-14(12)20-16-6-3-2-5-15(16)19(10-4-9-18)23(20,21)22/h2-3,5-8,11H,4,9-10,18H2,1H3. The van der Waals surface area contributed by atoms with Gasteiger partial charge in [0.2, 0.25) is 0 Å². The second kappa shape index (κ2) is 5.82. The van der Waals surface area contributed by atoms with E-state index in [0.29, 0.717) is 42.1 Å². The third kappa shape index (κ3) is 2.55. The van der Waals surface area contributed by atoms with E-state index in [-0.39, 0.29) is 0 Å². The normalized spacial score (nSPS) is 15.8. The van der Waals surface area contributed by atoms with Crippen molar-refractivity contribution in [1.82, 2.24) is 0 Å². The first-order valence-corrected chi connectivity index (χ1v) is 8.75. The Morgan fingerprint density at radius 2 is 1.78 bits per heavy atom. The van der Waals surface area contributed by atoms with E-state index in [2.05, 4.69) is 0 Å². The molecule has 0 atom stereocenters. The summed E-state index contributed by atoms with van der Waals surface area (Å²) >= 11 is 0. The van der Waals surface area contributed by atoms with Crippen molar-refractivity contribution >= 4 is 27.3 Å². The van der Waals surface area contributed by atoms with E-state index < -0.39 is 16.0 Å². The van der Waals surface area contributed by atoms with Crippen LogP contribution in [0.4, 0.5) is 21.5 Å². The second-order valence-corrected chi connectivity index (χ2v) is 7.11. The summed E-state index contributed by atoms with van der Waals surface area (Å²) in [5.41, 5.74) is 7.72. The van der Waals surface area contributed by atoms with Crippen LogP contribution in [0.15, 0.2) is 42.5 Å². The molecule has 0 bridgehead atoms. The molecule has 0 saturated heterocycles. The van der Waals surface area contributed by atoms with Crippen LogP contribution < -0.4 is 14.3 Å². The number of para-hydroxylation sites is 2.